The number of carbonyl (C=O) groups is 1. The fraction of sp³-hybridized carbons (Fsp3) is 0.909. The van der Waals surface area contributed by atoms with Gasteiger partial charge in [0.25, 0.3) is 0 Å². The Morgan fingerprint density at radius 3 is 2.60 bits per heavy atom. The molecule has 2 heterocycles. The van der Waals surface area contributed by atoms with Gasteiger partial charge in [0, 0.05) is 12.1 Å². The van der Waals surface area contributed by atoms with E-state index in [2.05, 4.69) is 12.2 Å². The molecule has 0 bridgehead atoms. The van der Waals surface area contributed by atoms with Crippen LogP contribution in [0.5, 0.6) is 0 Å². The molecule has 0 saturated carbocycles. The van der Waals surface area contributed by atoms with E-state index in [1.54, 1.807) is 0 Å². The van der Waals surface area contributed by atoms with Crippen LogP contribution in [0.4, 0.5) is 0 Å². The average molecular weight is 213 g/mol. The lowest BCUT2D eigenvalue weighted by Crippen LogP contribution is -2.53. The summed E-state index contributed by atoms with van der Waals surface area (Å²) >= 11 is 0. The van der Waals surface area contributed by atoms with Crippen LogP contribution in [0, 0.1) is 5.92 Å². The molecule has 2 saturated heterocycles. The summed E-state index contributed by atoms with van der Waals surface area (Å²) in [5, 5.41) is 3.40. The normalized spacial score (nSPS) is 40.7. The number of ketones is 1. The summed E-state index contributed by atoms with van der Waals surface area (Å²) in [6.07, 6.45) is 0. The topological polar surface area (TPSA) is 47.6 Å². The molecule has 0 amide bonds. The molecule has 0 aromatic heterocycles. The zero-order chi connectivity index (χ0) is 11.1. The maximum Gasteiger partial charge on any atom is 0.171 e. The molecule has 0 aromatic carbocycles. The molecule has 0 aliphatic carbocycles. The maximum absolute atomic E-state index is 12.0. The summed E-state index contributed by atoms with van der Waals surface area (Å²) < 4.78 is 11.0. The van der Waals surface area contributed by atoms with Crippen molar-refractivity contribution in [3.05, 3.63) is 0 Å². The third-order valence-corrected chi connectivity index (χ3v) is 3.20. The number of hydrogen-bond donors (Lipinski definition) is 1. The van der Waals surface area contributed by atoms with Gasteiger partial charge in [-0.2, -0.15) is 0 Å². The number of Topliss-reactive ketones (excluding diaryl/α,β-unsaturated/α-hetero) is 1. The van der Waals surface area contributed by atoms with Gasteiger partial charge in [-0.3, -0.25) is 4.79 Å². The zero-order valence-corrected chi connectivity index (χ0v) is 9.58. The number of rotatable bonds is 1. The van der Waals surface area contributed by atoms with E-state index in [4.69, 9.17) is 9.47 Å². The molecule has 3 atom stereocenters. The minimum absolute atomic E-state index is 0.0530. The van der Waals surface area contributed by atoms with Gasteiger partial charge in [-0.1, -0.05) is 0 Å². The van der Waals surface area contributed by atoms with Crippen LogP contribution in [0.3, 0.4) is 0 Å². The van der Waals surface area contributed by atoms with Crippen molar-refractivity contribution in [2.24, 2.45) is 5.92 Å². The van der Waals surface area contributed by atoms with Gasteiger partial charge in [-0.15, -0.1) is 0 Å². The predicted molar refractivity (Wildman–Crippen MR) is 55.7 cm³/mol. The lowest BCUT2D eigenvalue weighted by molar-refractivity contribution is -0.131. The summed E-state index contributed by atoms with van der Waals surface area (Å²) in [7, 11) is 0. The molecule has 2 aliphatic rings. The van der Waals surface area contributed by atoms with E-state index < -0.39 is 5.60 Å². The van der Waals surface area contributed by atoms with Gasteiger partial charge < -0.3 is 14.8 Å². The smallest absolute Gasteiger partial charge is 0.171 e. The van der Waals surface area contributed by atoms with Crippen molar-refractivity contribution < 1.29 is 14.3 Å². The molecule has 1 N–H and O–H groups in total. The fourth-order valence-electron chi connectivity index (χ4n) is 2.26. The Labute approximate surface area is 90.3 Å². The maximum atomic E-state index is 12.0. The first-order valence-electron chi connectivity index (χ1n) is 5.53. The molecule has 2 rings (SSSR count). The molecule has 0 spiro atoms. The molecule has 0 radical (unpaired) electrons. The third kappa shape index (κ3) is 2.07. The van der Waals surface area contributed by atoms with E-state index in [1.807, 2.05) is 13.8 Å². The van der Waals surface area contributed by atoms with Crippen LogP contribution >= 0.6 is 0 Å². The first-order valence-corrected chi connectivity index (χ1v) is 5.53. The van der Waals surface area contributed by atoms with Crippen molar-refractivity contribution in [3.8, 4) is 0 Å². The number of hydrogen-bond acceptors (Lipinski definition) is 4. The summed E-state index contributed by atoms with van der Waals surface area (Å²) in [6, 6.07) is 0.434. The molecular weight excluding hydrogens is 194 g/mol. The van der Waals surface area contributed by atoms with Gasteiger partial charge in [-0.25, -0.2) is 0 Å². The van der Waals surface area contributed by atoms with Crippen molar-refractivity contribution in [2.75, 3.05) is 19.8 Å². The van der Waals surface area contributed by atoms with E-state index in [0.29, 0.717) is 19.3 Å². The Morgan fingerprint density at radius 2 is 2.07 bits per heavy atom. The highest BCUT2D eigenvalue weighted by atomic mass is 16.5. The standard InChI is InChI=1S/C11H19NO3/c1-7-4-14-6-9(12-7)8-5-15-11(2,3)10(8)13/h7-9,12H,4-6H2,1-3H3. The van der Waals surface area contributed by atoms with Crippen LogP contribution in [0.25, 0.3) is 0 Å². The molecule has 2 aliphatic heterocycles. The van der Waals surface area contributed by atoms with Crippen LogP contribution in [-0.2, 0) is 14.3 Å². The highest BCUT2D eigenvalue weighted by Crippen LogP contribution is 2.28. The highest BCUT2D eigenvalue weighted by Gasteiger charge is 2.46. The van der Waals surface area contributed by atoms with Gasteiger partial charge in [0.05, 0.1) is 25.7 Å². The summed E-state index contributed by atoms with van der Waals surface area (Å²) in [4.78, 5) is 12.0. The number of nitrogens with one attached hydrogen (secondary N) is 1. The van der Waals surface area contributed by atoms with Crippen LogP contribution in [0.1, 0.15) is 20.8 Å². The summed E-state index contributed by atoms with van der Waals surface area (Å²) in [6.45, 7) is 7.59. The molecule has 3 unspecified atom stereocenters. The minimum Gasteiger partial charge on any atom is -0.378 e. The largest absolute Gasteiger partial charge is 0.378 e. The Balaban J connectivity index is 2.03. The van der Waals surface area contributed by atoms with Crippen molar-refractivity contribution >= 4 is 5.78 Å². The highest BCUT2D eigenvalue weighted by molar-refractivity contribution is 5.91. The van der Waals surface area contributed by atoms with Crippen LogP contribution in [-0.4, -0.2) is 43.3 Å². The van der Waals surface area contributed by atoms with Gasteiger partial charge >= 0.3 is 0 Å². The zero-order valence-electron chi connectivity index (χ0n) is 9.58. The number of ether oxygens (including phenoxy) is 2. The average Bonchev–Trinajstić information content (AvgIpc) is 2.42. The van der Waals surface area contributed by atoms with Crippen molar-refractivity contribution in [3.63, 3.8) is 0 Å². The van der Waals surface area contributed by atoms with E-state index in [1.165, 1.54) is 0 Å². The monoisotopic (exact) mass is 213 g/mol. The Kier molecular flexibility index (Phi) is 2.83. The van der Waals surface area contributed by atoms with E-state index in [-0.39, 0.29) is 17.7 Å². The van der Waals surface area contributed by atoms with E-state index >= 15 is 0 Å². The molecular formula is C11H19NO3. The number of morpholine rings is 1. The van der Waals surface area contributed by atoms with Gasteiger partial charge in [0.1, 0.15) is 5.60 Å². The third-order valence-electron chi connectivity index (χ3n) is 3.20. The first kappa shape index (κ1) is 11.0. The Bertz CT molecular complexity index is 265. The second-order valence-electron chi connectivity index (χ2n) is 5.00. The second-order valence-corrected chi connectivity index (χ2v) is 5.00. The molecule has 4 heteroatoms. The Hall–Kier alpha value is -0.450. The number of carbonyl (C=O) groups excluding carboxylic acids is 1. The second kappa shape index (κ2) is 3.85. The minimum atomic E-state index is -0.618. The van der Waals surface area contributed by atoms with Gasteiger partial charge in [-0.05, 0) is 20.8 Å². The van der Waals surface area contributed by atoms with E-state index in [9.17, 15) is 4.79 Å². The lowest BCUT2D eigenvalue weighted by Gasteiger charge is -2.31. The summed E-state index contributed by atoms with van der Waals surface area (Å²) in [5.74, 6) is 0.139. The van der Waals surface area contributed by atoms with Gasteiger partial charge in [0.15, 0.2) is 5.78 Å². The fourth-order valence-corrected chi connectivity index (χ4v) is 2.26. The summed E-state index contributed by atoms with van der Waals surface area (Å²) in [5.41, 5.74) is -0.618. The molecule has 4 nitrogen and oxygen atoms in total. The van der Waals surface area contributed by atoms with Gasteiger partial charge in [0.2, 0.25) is 0 Å². The van der Waals surface area contributed by atoms with Crippen molar-refractivity contribution in [2.45, 2.75) is 38.5 Å². The Morgan fingerprint density at radius 1 is 1.33 bits per heavy atom. The SMILES string of the molecule is CC1COCC(C2COC(C)(C)C2=O)N1. The molecule has 0 aromatic rings. The van der Waals surface area contributed by atoms with Crippen molar-refractivity contribution in [1.29, 1.82) is 0 Å². The first-order chi connectivity index (χ1) is 7.00. The lowest BCUT2D eigenvalue weighted by atomic mass is 9.89. The molecule has 86 valence electrons. The predicted octanol–water partition coefficient (Wildman–Crippen LogP) is 0.357. The van der Waals surface area contributed by atoms with Crippen LogP contribution in [0.15, 0.2) is 0 Å². The quantitative estimate of drug-likeness (QED) is 0.683. The molecule has 15 heavy (non-hydrogen) atoms. The van der Waals surface area contributed by atoms with E-state index in [0.717, 1.165) is 6.61 Å². The van der Waals surface area contributed by atoms with Crippen LogP contribution in [0.2, 0.25) is 0 Å². The van der Waals surface area contributed by atoms with Crippen molar-refractivity contribution in [1.82, 2.24) is 5.32 Å². The van der Waals surface area contributed by atoms with Crippen LogP contribution < -0.4 is 5.32 Å². The molecule has 2 fully saturated rings.